The predicted molar refractivity (Wildman–Crippen MR) is 55.4 cm³/mol. The average molecular weight is 200 g/mol. The zero-order chi connectivity index (χ0) is 10.6. The number of likely N-dealkylation sites (N-methyl/N-ethyl adjacent to an activating group) is 2. The van der Waals surface area contributed by atoms with Gasteiger partial charge in [-0.25, -0.2) is 0 Å². The van der Waals surface area contributed by atoms with Crippen molar-refractivity contribution in [2.45, 2.75) is 25.3 Å². The van der Waals surface area contributed by atoms with Crippen LogP contribution in [0.25, 0.3) is 0 Å². The van der Waals surface area contributed by atoms with Crippen molar-refractivity contribution >= 4 is 5.97 Å². The highest BCUT2D eigenvalue weighted by Crippen LogP contribution is 2.13. The van der Waals surface area contributed by atoms with Gasteiger partial charge in [0.25, 0.3) is 0 Å². The Morgan fingerprint density at radius 1 is 1.57 bits per heavy atom. The lowest BCUT2D eigenvalue weighted by atomic mass is 10.1. The van der Waals surface area contributed by atoms with Crippen molar-refractivity contribution in [2.24, 2.45) is 0 Å². The lowest BCUT2D eigenvalue weighted by molar-refractivity contribution is -0.138. The zero-order valence-corrected chi connectivity index (χ0v) is 9.07. The molecule has 0 aromatic rings. The highest BCUT2D eigenvalue weighted by atomic mass is 16.4. The molecule has 4 nitrogen and oxygen atoms in total. The van der Waals surface area contributed by atoms with E-state index in [-0.39, 0.29) is 6.54 Å². The maximum absolute atomic E-state index is 10.6. The minimum absolute atomic E-state index is 0.151. The van der Waals surface area contributed by atoms with Gasteiger partial charge in [0.05, 0.1) is 6.54 Å². The lowest BCUT2D eigenvalue weighted by Crippen LogP contribution is -2.41. The zero-order valence-electron chi connectivity index (χ0n) is 9.07. The number of carboxylic acids is 1. The van der Waals surface area contributed by atoms with E-state index in [1.807, 2.05) is 11.9 Å². The van der Waals surface area contributed by atoms with Crippen molar-refractivity contribution in [1.29, 1.82) is 0 Å². The fraction of sp³-hybridized carbons (Fsp3) is 0.900. The van der Waals surface area contributed by atoms with Crippen LogP contribution in [-0.4, -0.2) is 60.6 Å². The van der Waals surface area contributed by atoms with E-state index in [9.17, 15) is 4.79 Å². The normalized spacial score (nSPS) is 24.9. The van der Waals surface area contributed by atoms with Crippen LogP contribution in [0.3, 0.4) is 0 Å². The van der Waals surface area contributed by atoms with Crippen LogP contribution in [0, 0.1) is 0 Å². The number of nitrogens with zero attached hydrogens (tertiary/aromatic N) is 2. The Balaban J connectivity index is 2.43. The molecule has 1 aliphatic heterocycles. The van der Waals surface area contributed by atoms with Gasteiger partial charge in [-0.15, -0.1) is 0 Å². The van der Waals surface area contributed by atoms with Crippen molar-refractivity contribution in [3.8, 4) is 0 Å². The van der Waals surface area contributed by atoms with E-state index in [1.165, 1.54) is 12.8 Å². The van der Waals surface area contributed by atoms with Crippen LogP contribution in [0.5, 0.6) is 0 Å². The monoisotopic (exact) mass is 200 g/mol. The minimum Gasteiger partial charge on any atom is -0.480 e. The molecule has 1 fully saturated rings. The van der Waals surface area contributed by atoms with Gasteiger partial charge in [-0.05, 0) is 33.5 Å². The first kappa shape index (κ1) is 11.5. The quantitative estimate of drug-likeness (QED) is 0.720. The first-order valence-corrected chi connectivity index (χ1v) is 5.20. The molecular weight excluding hydrogens is 180 g/mol. The van der Waals surface area contributed by atoms with E-state index in [2.05, 4.69) is 11.9 Å². The number of hydrogen-bond acceptors (Lipinski definition) is 3. The van der Waals surface area contributed by atoms with Gasteiger partial charge >= 0.3 is 5.97 Å². The number of aliphatic carboxylic acids is 1. The second kappa shape index (κ2) is 5.32. The summed E-state index contributed by atoms with van der Waals surface area (Å²) in [5, 5.41) is 8.70. The molecule has 0 spiro atoms. The summed E-state index contributed by atoms with van der Waals surface area (Å²) in [6, 6.07) is 0.401. The molecule has 1 N–H and O–H groups in total. The molecule has 0 radical (unpaired) electrons. The van der Waals surface area contributed by atoms with Gasteiger partial charge in [-0.3, -0.25) is 9.69 Å². The molecule has 0 aromatic heterocycles. The fourth-order valence-corrected chi connectivity index (χ4v) is 2.01. The maximum atomic E-state index is 10.6. The first-order chi connectivity index (χ1) is 6.59. The smallest absolute Gasteiger partial charge is 0.317 e. The van der Waals surface area contributed by atoms with E-state index in [0.29, 0.717) is 6.04 Å². The van der Waals surface area contributed by atoms with Crippen LogP contribution in [0.2, 0.25) is 0 Å². The Morgan fingerprint density at radius 3 is 2.93 bits per heavy atom. The second-order valence-corrected chi connectivity index (χ2v) is 4.22. The molecule has 1 unspecified atom stereocenters. The van der Waals surface area contributed by atoms with Crippen molar-refractivity contribution in [3.05, 3.63) is 0 Å². The standard InChI is InChI=1S/C10H20N2O2/c1-11-6-4-3-5-9(7-11)12(2)8-10(13)14/h9H,3-8H2,1-2H3,(H,13,14). The third-order valence-electron chi connectivity index (χ3n) is 2.86. The molecular formula is C10H20N2O2. The summed E-state index contributed by atoms with van der Waals surface area (Å²) in [4.78, 5) is 14.8. The largest absolute Gasteiger partial charge is 0.480 e. The molecule has 1 heterocycles. The van der Waals surface area contributed by atoms with Gasteiger partial charge in [0.1, 0.15) is 0 Å². The number of carbonyl (C=O) groups is 1. The van der Waals surface area contributed by atoms with E-state index >= 15 is 0 Å². The van der Waals surface area contributed by atoms with Gasteiger partial charge < -0.3 is 10.0 Å². The lowest BCUT2D eigenvalue weighted by Gasteiger charge is -2.27. The minimum atomic E-state index is -0.737. The third-order valence-corrected chi connectivity index (χ3v) is 2.86. The van der Waals surface area contributed by atoms with Gasteiger partial charge in [0, 0.05) is 12.6 Å². The Bertz CT molecular complexity index is 197. The van der Waals surface area contributed by atoms with Crippen LogP contribution >= 0.6 is 0 Å². The Labute approximate surface area is 85.5 Å². The molecule has 1 atom stereocenters. The molecule has 0 amide bonds. The van der Waals surface area contributed by atoms with E-state index in [0.717, 1.165) is 19.5 Å². The SMILES string of the molecule is CN1CCCCC(N(C)CC(=O)O)C1. The molecule has 4 heteroatoms. The van der Waals surface area contributed by atoms with Crippen LogP contribution in [0.1, 0.15) is 19.3 Å². The Hall–Kier alpha value is -0.610. The molecule has 1 saturated heterocycles. The maximum Gasteiger partial charge on any atom is 0.317 e. The summed E-state index contributed by atoms with van der Waals surface area (Å²) in [5.41, 5.74) is 0. The van der Waals surface area contributed by atoms with Crippen molar-refractivity contribution < 1.29 is 9.90 Å². The summed E-state index contributed by atoms with van der Waals surface area (Å²) in [6.07, 6.45) is 3.56. The van der Waals surface area contributed by atoms with Crippen LogP contribution in [0.4, 0.5) is 0 Å². The van der Waals surface area contributed by atoms with Crippen LogP contribution in [-0.2, 0) is 4.79 Å². The highest BCUT2D eigenvalue weighted by molar-refractivity contribution is 5.69. The number of rotatable bonds is 3. The van der Waals surface area contributed by atoms with Crippen molar-refractivity contribution in [3.63, 3.8) is 0 Å². The summed E-state index contributed by atoms with van der Waals surface area (Å²) in [6.45, 7) is 2.28. The highest BCUT2D eigenvalue weighted by Gasteiger charge is 2.20. The third kappa shape index (κ3) is 3.64. The molecule has 0 bridgehead atoms. The number of likely N-dealkylation sites (tertiary alicyclic amines) is 1. The summed E-state index contributed by atoms with van der Waals surface area (Å²) in [5.74, 6) is -0.737. The molecule has 82 valence electrons. The Kier molecular flexibility index (Phi) is 4.35. The van der Waals surface area contributed by atoms with E-state index in [1.54, 1.807) is 0 Å². The van der Waals surface area contributed by atoms with E-state index < -0.39 is 5.97 Å². The topological polar surface area (TPSA) is 43.8 Å². The van der Waals surface area contributed by atoms with Crippen LogP contribution < -0.4 is 0 Å². The molecule has 1 aliphatic rings. The van der Waals surface area contributed by atoms with Gasteiger partial charge in [-0.1, -0.05) is 6.42 Å². The first-order valence-electron chi connectivity index (χ1n) is 5.20. The van der Waals surface area contributed by atoms with E-state index in [4.69, 9.17) is 5.11 Å². The van der Waals surface area contributed by atoms with Gasteiger partial charge in [-0.2, -0.15) is 0 Å². The summed E-state index contributed by atoms with van der Waals surface area (Å²) in [7, 11) is 4.00. The summed E-state index contributed by atoms with van der Waals surface area (Å²) < 4.78 is 0. The average Bonchev–Trinajstić information content (AvgIpc) is 2.28. The predicted octanol–water partition coefficient (Wildman–Crippen LogP) is 0.487. The second-order valence-electron chi connectivity index (χ2n) is 4.22. The Morgan fingerprint density at radius 2 is 2.29 bits per heavy atom. The molecule has 0 aliphatic carbocycles. The van der Waals surface area contributed by atoms with Crippen molar-refractivity contribution in [2.75, 3.05) is 33.7 Å². The number of carboxylic acid groups (broad SMARTS) is 1. The van der Waals surface area contributed by atoms with Crippen LogP contribution in [0.15, 0.2) is 0 Å². The summed E-state index contributed by atoms with van der Waals surface area (Å²) >= 11 is 0. The molecule has 0 saturated carbocycles. The molecule has 14 heavy (non-hydrogen) atoms. The molecule has 0 aromatic carbocycles. The fourth-order valence-electron chi connectivity index (χ4n) is 2.01. The molecule has 1 rings (SSSR count). The van der Waals surface area contributed by atoms with Gasteiger partial charge in [0.15, 0.2) is 0 Å². The van der Waals surface area contributed by atoms with Crippen molar-refractivity contribution in [1.82, 2.24) is 9.80 Å². The van der Waals surface area contributed by atoms with Gasteiger partial charge in [0.2, 0.25) is 0 Å². The number of hydrogen-bond donors (Lipinski definition) is 1.